The van der Waals surface area contributed by atoms with Gasteiger partial charge in [-0.05, 0) is 42.2 Å². The van der Waals surface area contributed by atoms with E-state index in [0.717, 1.165) is 24.0 Å². The van der Waals surface area contributed by atoms with E-state index in [9.17, 15) is 4.79 Å². The molecule has 1 saturated heterocycles. The van der Waals surface area contributed by atoms with Gasteiger partial charge in [0, 0.05) is 18.0 Å². The van der Waals surface area contributed by atoms with E-state index in [1.165, 1.54) is 0 Å². The van der Waals surface area contributed by atoms with Crippen molar-refractivity contribution in [1.82, 2.24) is 9.88 Å². The maximum absolute atomic E-state index is 13.5. The number of carbonyl (C=O) groups excluding carboxylic acids is 1. The van der Waals surface area contributed by atoms with Gasteiger partial charge in [0.15, 0.2) is 0 Å². The number of ether oxygens (including phenoxy) is 1. The number of carbonyl (C=O) groups is 1. The Morgan fingerprint density at radius 2 is 1.81 bits per heavy atom. The van der Waals surface area contributed by atoms with Crippen molar-refractivity contribution >= 4 is 40.7 Å². The predicted octanol–water partition coefficient (Wildman–Crippen LogP) is 6.55. The number of hydrogen-bond donors (Lipinski definition) is 0. The van der Waals surface area contributed by atoms with Crippen LogP contribution in [0.15, 0.2) is 66.7 Å². The molecule has 1 fully saturated rings. The van der Waals surface area contributed by atoms with Crippen LogP contribution in [-0.4, -0.2) is 27.7 Å². The van der Waals surface area contributed by atoms with Gasteiger partial charge in [-0.2, -0.15) is 0 Å². The molecule has 0 radical (unpaired) electrons. The summed E-state index contributed by atoms with van der Waals surface area (Å²) in [5.74, 6) is 0.583. The average molecular weight is 476 g/mol. The van der Waals surface area contributed by atoms with Gasteiger partial charge in [-0.15, -0.1) is 11.6 Å². The zero-order valence-electron chi connectivity index (χ0n) is 16.7. The van der Waals surface area contributed by atoms with Crippen LogP contribution < -0.4 is 4.74 Å². The molecule has 0 N–H and O–H groups in total. The Morgan fingerprint density at radius 3 is 2.55 bits per heavy atom. The number of halogens is 3. The van der Waals surface area contributed by atoms with E-state index in [2.05, 4.69) is 4.98 Å². The van der Waals surface area contributed by atoms with E-state index >= 15 is 0 Å². The molecule has 3 aromatic rings. The van der Waals surface area contributed by atoms with Gasteiger partial charge >= 0.3 is 0 Å². The number of amides is 1. The highest BCUT2D eigenvalue weighted by atomic mass is 35.5. The van der Waals surface area contributed by atoms with Gasteiger partial charge in [-0.25, -0.2) is 4.98 Å². The first kappa shape index (κ1) is 21.9. The smallest absolute Gasteiger partial charge is 0.273 e. The Balaban J connectivity index is 1.56. The summed E-state index contributed by atoms with van der Waals surface area (Å²) in [5.41, 5.74) is 2.29. The van der Waals surface area contributed by atoms with Crippen LogP contribution in [0, 0.1) is 0 Å². The lowest BCUT2D eigenvalue weighted by molar-refractivity contribution is 0.0673. The maximum atomic E-state index is 13.5. The highest BCUT2D eigenvalue weighted by Crippen LogP contribution is 2.39. The molecule has 2 unspecified atom stereocenters. The fourth-order valence-electron chi connectivity index (χ4n) is 3.87. The molecule has 31 heavy (non-hydrogen) atoms. The van der Waals surface area contributed by atoms with Crippen LogP contribution in [-0.2, 0) is 6.61 Å². The van der Waals surface area contributed by atoms with Crippen molar-refractivity contribution in [3.63, 3.8) is 0 Å². The number of nitrogens with zero attached hydrogens (tertiary/aromatic N) is 2. The summed E-state index contributed by atoms with van der Waals surface area (Å²) in [6.45, 7) is 0.380. The predicted molar refractivity (Wildman–Crippen MR) is 124 cm³/mol. The molecule has 1 aliphatic heterocycles. The van der Waals surface area contributed by atoms with Crippen LogP contribution in [0.5, 0.6) is 5.88 Å². The molecule has 1 aromatic heterocycles. The first-order valence-electron chi connectivity index (χ1n) is 10.0. The first-order valence-corrected chi connectivity index (χ1v) is 11.3. The molecule has 2 atom stereocenters. The Morgan fingerprint density at radius 1 is 1.00 bits per heavy atom. The van der Waals surface area contributed by atoms with Crippen molar-refractivity contribution in [3.05, 3.63) is 93.6 Å². The van der Waals surface area contributed by atoms with Crippen LogP contribution in [0.25, 0.3) is 0 Å². The molecular formula is C24H21Cl3N2O2. The number of alkyl halides is 1. The van der Waals surface area contributed by atoms with E-state index in [1.54, 1.807) is 24.3 Å². The third-order valence-electron chi connectivity index (χ3n) is 5.42. The molecule has 0 aliphatic carbocycles. The van der Waals surface area contributed by atoms with Gasteiger partial charge < -0.3 is 9.64 Å². The molecule has 4 nitrogen and oxygen atoms in total. The molecule has 0 saturated carbocycles. The van der Waals surface area contributed by atoms with E-state index < -0.39 is 0 Å². The second kappa shape index (κ2) is 9.90. The van der Waals surface area contributed by atoms with Crippen molar-refractivity contribution in [2.75, 3.05) is 5.88 Å². The Bertz CT molecular complexity index is 1060. The fraction of sp³-hybridized carbons (Fsp3) is 0.250. The third kappa shape index (κ3) is 4.98. The SMILES string of the molecule is O=C(c1cccc(OCc2ccccc2)n1)N1C(CCl)CCC1c1ccc(Cl)c(Cl)c1. The summed E-state index contributed by atoms with van der Waals surface area (Å²) in [6.07, 6.45) is 1.61. The zero-order valence-corrected chi connectivity index (χ0v) is 18.9. The summed E-state index contributed by atoms with van der Waals surface area (Å²) in [5, 5.41) is 0.954. The third-order valence-corrected chi connectivity index (χ3v) is 6.51. The Kier molecular flexibility index (Phi) is 7.01. The Hall–Kier alpha value is -2.27. The van der Waals surface area contributed by atoms with Crippen molar-refractivity contribution in [3.8, 4) is 5.88 Å². The minimum Gasteiger partial charge on any atom is -0.473 e. The van der Waals surface area contributed by atoms with Crippen LogP contribution in [0.4, 0.5) is 0 Å². The van der Waals surface area contributed by atoms with Crippen molar-refractivity contribution in [2.24, 2.45) is 0 Å². The largest absolute Gasteiger partial charge is 0.473 e. The molecular weight excluding hydrogens is 455 g/mol. The lowest BCUT2D eigenvalue weighted by atomic mass is 10.0. The van der Waals surface area contributed by atoms with Crippen LogP contribution in [0.1, 0.15) is 40.5 Å². The molecule has 0 bridgehead atoms. The van der Waals surface area contributed by atoms with E-state index in [4.69, 9.17) is 39.5 Å². The topological polar surface area (TPSA) is 42.4 Å². The van der Waals surface area contributed by atoms with E-state index in [-0.39, 0.29) is 18.0 Å². The summed E-state index contributed by atoms with van der Waals surface area (Å²) in [7, 11) is 0. The number of pyridine rings is 1. The monoisotopic (exact) mass is 474 g/mol. The molecule has 2 aromatic carbocycles. The summed E-state index contributed by atoms with van der Waals surface area (Å²) >= 11 is 18.5. The minimum absolute atomic E-state index is 0.0793. The average Bonchev–Trinajstić information content (AvgIpc) is 3.24. The number of hydrogen-bond acceptors (Lipinski definition) is 3. The summed E-state index contributed by atoms with van der Waals surface area (Å²) in [4.78, 5) is 19.7. The highest BCUT2D eigenvalue weighted by molar-refractivity contribution is 6.42. The lowest BCUT2D eigenvalue weighted by Gasteiger charge is -2.30. The zero-order chi connectivity index (χ0) is 21.8. The standard InChI is InChI=1S/C24H21Cl3N2O2/c25-14-18-10-12-22(17-9-11-19(26)20(27)13-17)29(18)24(30)21-7-4-8-23(28-21)31-15-16-5-2-1-3-6-16/h1-9,11,13,18,22H,10,12,14-15H2. The van der Waals surface area contributed by atoms with Gasteiger partial charge in [0.25, 0.3) is 5.91 Å². The second-order valence-corrected chi connectivity index (χ2v) is 8.55. The maximum Gasteiger partial charge on any atom is 0.273 e. The Labute approximate surface area is 196 Å². The number of likely N-dealkylation sites (tertiary alicyclic amines) is 1. The molecule has 1 aliphatic rings. The van der Waals surface area contributed by atoms with Gasteiger partial charge in [0.1, 0.15) is 12.3 Å². The number of benzene rings is 2. The van der Waals surface area contributed by atoms with Gasteiger partial charge in [0.2, 0.25) is 5.88 Å². The molecule has 160 valence electrons. The van der Waals surface area contributed by atoms with Crippen LogP contribution >= 0.6 is 34.8 Å². The van der Waals surface area contributed by atoms with Gasteiger partial charge in [0.05, 0.1) is 16.1 Å². The molecule has 0 spiro atoms. The summed E-state index contributed by atoms with van der Waals surface area (Å²) in [6, 6.07) is 20.3. The first-order chi connectivity index (χ1) is 15.1. The van der Waals surface area contributed by atoms with Crippen LogP contribution in [0.3, 0.4) is 0 Å². The molecule has 2 heterocycles. The van der Waals surface area contributed by atoms with Crippen LogP contribution in [0.2, 0.25) is 10.0 Å². The fourth-order valence-corrected chi connectivity index (χ4v) is 4.48. The van der Waals surface area contributed by atoms with Crippen molar-refractivity contribution < 1.29 is 9.53 Å². The summed E-state index contributed by atoms with van der Waals surface area (Å²) < 4.78 is 5.80. The molecule has 1 amide bonds. The van der Waals surface area contributed by atoms with E-state index in [1.807, 2.05) is 47.4 Å². The molecule has 4 rings (SSSR count). The normalized spacial score (nSPS) is 18.2. The number of aromatic nitrogens is 1. The number of rotatable bonds is 6. The van der Waals surface area contributed by atoms with Crippen molar-refractivity contribution in [2.45, 2.75) is 31.5 Å². The second-order valence-electron chi connectivity index (χ2n) is 7.42. The van der Waals surface area contributed by atoms with Crippen molar-refractivity contribution in [1.29, 1.82) is 0 Å². The highest BCUT2D eigenvalue weighted by Gasteiger charge is 2.38. The minimum atomic E-state index is -0.176. The molecule has 7 heteroatoms. The van der Waals surface area contributed by atoms with E-state index in [0.29, 0.717) is 34.1 Å². The lowest BCUT2D eigenvalue weighted by Crippen LogP contribution is -2.38. The quantitative estimate of drug-likeness (QED) is 0.380. The van der Waals surface area contributed by atoms with Gasteiger partial charge in [-0.3, -0.25) is 4.79 Å². The van der Waals surface area contributed by atoms with Gasteiger partial charge in [-0.1, -0.05) is 65.7 Å².